The molecule has 0 spiro atoms. The zero-order valence-electron chi connectivity index (χ0n) is 18.3. The summed E-state index contributed by atoms with van der Waals surface area (Å²) in [4.78, 5) is 9.04. The molecule has 2 aromatic rings. The van der Waals surface area contributed by atoms with E-state index in [2.05, 4.69) is 23.8 Å². The highest BCUT2D eigenvalue weighted by Crippen LogP contribution is 2.37. The predicted octanol–water partition coefficient (Wildman–Crippen LogP) is 7.87. The summed E-state index contributed by atoms with van der Waals surface area (Å²) in [7, 11) is 0. The van der Waals surface area contributed by atoms with Gasteiger partial charge in [-0.1, -0.05) is 58.4 Å². The van der Waals surface area contributed by atoms with E-state index in [4.69, 9.17) is 0 Å². The lowest BCUT2D eigenvalue weighted by Crippen LogP contribution is -2.14. The molecule has 1 fully saturated rings. The lowest BCUT2D eigenvalue weighted by Gasteiger charge is -2.28. The molecule has 3 rings (SSSR count). The van der Waals surface area contributed by atoms with Crippen molar-refractivity contribution in [1.82, 2.24) is 9.97 Å². The van der Waals surface area contributed by atoms with Gasteiger partial charge in [0.05, 0.1) is 5.56 Å². The average molecular weight is 397 g/mol. The smallest absolute Gasteiger partial charge is 0.162 e. The van der Waals surface area contributed by atoms with Crippen molar-refractivity contribution >= 4 is 0 Å². The quantitative estimate of drug-likeness (QED) is 0.382. The maximum absolute atomic E-state index is 14.6. The number of aryl methyl sites for hydroxylation is 1. The van der Waals surface area contributed by atoms with Crippen LogP contribution in [-0.2, 0) is 6.42 Å². The highest BCUT2D eigenvalue weighted by molar-refractivity contribution is 5.56. The molecular weight excluding hydrogens is 359 g/mol. The molecule has 0 saturated heterocycles. The van der Waals surface area contributed by atoms with Gasteiger partial charge in [-0.25, -0.2) is 14.4 Å². The minimum absolute atomic E-state index is 0.209. The minimum Gasteiger partial charge on any atom is -0.236 e. The standard InChI is InChI=1S/C26H37FN2/c1-3-5-7-9-20-11-14-22(15-12-20)23-18-28-26(29-19-23)24-16-13-21(17-25(24)27)10-8-6-4-2/h13,16-20,22H,3-12,14-15H2,1-2H3/t20-,22-. The number of nitrogens with zero attached hydrogens (tertiary/aromatic N) is 2. The topological polar surface area (TPSA) is 25.8 Å². The van der Waals surface area contributed by atoms with Gasteiger partial charge in [-0.3, -0.25) is 0 Å². The lowest BCUT2D eigenvalue weighted by molar-refractivity contribution is 0.302. The second-order valence-electron chi connectivity index (χ2n) is 8.82. The van der Waals surface area contributed by atoms with E-state index in [0.29, 0.717) is 17.3 Å². The zero-order chi connectivity index (χ0) is 20.5. The first-order chi connectivity index (χ1) is 14.2. The fourth-order valence-electron chi connectivity index (χ4n) is 4.63. The third-order valence-electron chi connectivity index (χ3n) is 6.55. The van der Waals surface area contributed by atoms with Crippen LogP contribution in [0.2, 0.25) is 0 Å². The van der Waals surface area contributed by atoms with E-state index in [9.17, 15) is 4.39 Å². The zero-order valence-corrected chi connectivity index (χ0v) is 18.3. The summed E-state index contributed by atoms with van der Waals surface area (Å²) >= 11 is 0. The van der Waals surface area contributed by atoms with Crippen LogP contribution in [0.1, 0.15) is 102 Å². The van der Waals surface area contributed by atoms with Crippen LogP contribution < -0.4 is 0 Å². The van der Waals surface area contributed by atoms with Crippen molar-refractivity contribution in [2.45, 2.75) is 96.8 Å². The fraction of sp³-hybridized carbons (Fsp3) is 0.615. The first kappa shape index (κ1) is 21.9. The van der Waals surface area contributed by atoms with Crippen LogP contribution in [-0.4, -0.2) is 9.97 Å². The van der Waals surface area contributed by atoms with Gasteiger partial charge in [-0.05, 0) is 73.6 Å². The van der Waals surface area contributed by atoms with E-state index >= 15 is 0 Å². The molecule has 2 nitrogen and oxygen atoms in total. The molecule has 0 radical (unpaired) electrons. The fourth-order valence-corrected chi connectivity index (χ4v) is 4.63. The van der Waals surface area contributed by atoms with Crippen LogP contribution in [0.25, 0.3) is 11.4 Å². The Labute approximate surface area is 176 Å². The third kappa shape index (κ3) is 6.35. The van der Waals surface area contributed by atoms with Gasteiger partial charge in [0.2, 0.25) is 0 Å². The summed E-state index contributed by atoms with van der Waals surface area (Å²) in [6.45, 7) is 4.46. The van der Waals surface area contributed by atoms with Gasteiger partial charge >= 0.3 is 0 Å². The van der Waals surface area contributed by atoms with Crippen LogP contribution in [0.4, 0.5) is 4.39 Å². The van der Waals surface area contributed by atoms with Crippen molar-refractivity contribution in [3.8, 4) is 11.4 Å². The SMILES string of the molecule is CCCCCc1ccc(-c2ncc([C@H]3CC[C@H](CCCCC)CC3)cn2)c(F)c1. The Morgan fingerprint density at radius 1 is 0.897 bits per heavy atom. The van der Waals surface area contributed by atoms with Gasteiger partial charge in [0.1, 0.15) is 5.82 Å². The van der Waals surface area contributed by atoms with Gasteiger partial charge in [0.15, 0.2) is 5.82 Å². The molecule has 1 aromatic heterocycles. The molecule has 0 unspecified atom stereocenters. The van der Waals surface area contributed by atoms with Gasteiger partial charge in [-0.15, -0.1) is 0 Å². The second-order valence-corrected chi connectivity index (χ2v) is 8.82. The molecular formula is C26H37FN2. The monoisotopic (exact) mass is 396 g/mol. The summed E-state index contributed by atoms with van der Waals surface area (Å²) in [5.41, 5.74) is 2.79. The predicted molar refractivity (Wildman–Crippen MR) is 119 cm³/mol. The molecule has 0 aliphatic heterocycles. The second kappa shape index (κ2) is 11.4. The Hall–Kier alpha value is -1.77. The number of halogens is 1. The van der Waals surface area contributed by atoms with Crippen molar-refractivity contribution in [2.75, 3.05) is 0 Å². The first-order valence-corrected chi connectivity index (χ1v) is 11.8. The molecule has 1 aliphatic rings. The van der Waals surface area contributed by atoms with Crippen molar-refractivity contribution < 1.29 is 4.39 Å². The Kier molecular flexibility index (Phi) is 8.64. The van der Waals surface area contributed by atoms with E-state index < -0.39 is 0 Å². The van der Waals surface area contributed by atoms with Crippen LogP contribution in [0.3, 0.4) is 0 Å². The highest BCUT2D eigenvalue weighted by Gasteiger charge is 2.22. The summed E-state index contributed by atoms with van der Waals surface area (Å²) in [5, 5.41) is 0. The first-order valence-electron chi connectivity index (χ1n) is 11.8. The number of hydrogen-bond donors (Lipinski definition) is 0. The van der Waals surface area contributed by atoms with Gasteiger partial charge in [-0.2, -0.15) is 0 Å². The normalized spacial score (nSPS) is 19.4. The number of aromatic nitrogens is 2. The van der Waals surface area contributed by atoms with Crippen molar-refractivity contribution in [1.29, 1.82) is 0 Å². The van der Waals surface area contributed by atoms with E-state index in [1.165, 1.54) is 69.8 Å². The average Bonchev–Trinajstić information content (AvgIpc) is 2.75. The summed E-state index contributed by atoms with van der Waals surface area (Å²) in [6, 6.07) is 5.51. The summed E-state index contributed by atoms with van der Waals surface area (Å²) in [5.74, 6) is 1.76. The van der Waals surface area contributed by atoms with E-state index in [-0.39, 0.29) is 5.82 Å². The number of unbranched alkanes of at least 4 members (excludes halogenated alkanes) is 4. The molecule has 1 heterocycles. The lowest BCUT2D eigenvalue weighted by atomic mass is 9.77. The van der Waals surface area contributed by atoms with Crippen LogP contribution in [0.15, 0.2) is 30.6 Å². The maximum Gasteiger partial charge on any atom is 0.162 e. The molecule has 0 amide bonds. The molecule has 1 aliphatic carbocycles. The molecule has 0 atom stereocenters. The number of hydrogen-bond acceptors (Lipinski definition) is 2. The van der Waals surface area contributed by atoms with Gasteiger partial charge in [0, 0.05) is 12.4 Å². The van der Waals surface area contributed by atoms with E-state index in [0.717, 1.165) is 24.3 Å². The maximum atomic E-state index is 14.6. The summed E-state index contributed by atoms with van der Waals surface area (Å²) in [6.07, 6.45) is 18.8. The molecule has 0 bridgehead atoms. The summed E-state index contributed by atoms with van der Waals surface area (Å²) < 4.78 is 14.6. The van der Waals surface area contributed by atoms with Crippen molar-refractivity contribution in [3.05, 3.63) is 47.5 Å². The molecule has 3 heteroatoms. The highest BCUT2D eigenvalue weighted by atomic mass is 19.1. The van der Waals surface area contributed by atoms with Crippen molar-refractivity contribution in [3.63, 3.8) is 0 Å². The van der Waals surface area contributed by atoms with E-state index in [1.54, 1.807) is 6.07 Å². The molecule has 0 N–H and O–H groups in total. The molecule has 1 saturated carbocycles. The van der Waals surface area contributed by atoms with Gasteiger partial charge < -0.3 is 0 Å². The minimum atomic E-state index is -0.209. The Balaban J connectivity index is 1.56. The van der Waals surface area contributed by atoms with Crippen LogP contribution in [0.5, 0.6) is 0 Å². The van der Waals surface area contributed by atoms with Crippen LogP contribution >= 0.6 is 0 Å². The third-order valence-corrected chi connectivity index (χ3v) is 6.55. The van der Waals surface area contributed by atoms with Crippen LogP contribution in [0, 0.1) is 11.7 Å². The van der Waals surface area contributed by atoms with E-state index in [1.807, 2.05) is 24.5 Å². The Bertz CT molecular complexity index is 733. The number of benzene rings is 1. The Morgan fingerprint density at radius 3 is 2.24 bits per heavy atom. The molecule has 1 aromatic carbocycles. The molecule has 29 heavy (non-hydrogen) atoms. The van der Waals surface area contributed by atoms with Gasteiger partial charge in [0.25, 0.3) is 0 Å². The number of rotatable bonds is 10. The molecule has 158 valence electrons. The Morgan fingerprint density at radius 2 is 1.59 bits per heavy atom. The largest absolute Gasteiger partial charge is 0.236 e. The van der Waals surface area contributed by atoms with Crippen molar-refractivity contribution in [2.24, 2.45) is 5.92 Å².